The molecule has 114 valence electrons. The molecule has 0 saturated carbocycles. The maximum absolute atomic E-state index is 12.5. The first-order chi connectivity index (χ1) is 10.4. The fourth-order valence-electron chi connectivity index (χ4n) is 2.10. The molecule has 0 spiro atoms. The summed E-state index contributed by atoms with van der Waals surface area (Å²) in [6.07, 6.45) is 3.60. The van der Waals surface area contributed by atoms with E-state index in [1.165, 1.54) is 18.2 Å². The molecular formula is C14H11Cl2N3O2S. The number of imidazole rings is 1. The Labute approximate surface area is 137 Å². The van der Waals surface area contributed by atoms with E-state index in [9.17, 15) is 8.42 Å². The predicted molar refractivity (Wildman–Crippen MR) is 87.2 cm³/mol. The third kappa shape index (κ3) is 2.77. The van der Waals surface area contributed by atoms with E-state index in [0.717, 1.165) is 5.69 Å². The van der Waals surface area contributed by atoms with Crippen molar-refractivity contribution < 1.29 is 8.42 Å². The van der Waals surface area contributed by atoms with Gasteiger partial charge in [-0.05, 0) is 37.3 Å². The topological polar surface area (TPSA) is 63.5 Å². The van der Waals surface area contributed by atoms with Crippen LogP contribution in [0.2, 0.25) is 10.0 Å². The molecule has 0 aliphatic heterocycles. The minimum absolute atomic E-state index is 0.0769. The van der Waals surface area contributed by atoms with Crippen LogP contribution in [0.25, 0.3) is 5.65 Å². The highest BCUT2D eigenvalue weighted by Crippen LogP contribution is 2.27. The standard InChI is InChI=1S/C14H11Cl2N3O2S/c1-9-8-19-6-2-3-12(14(19)17-9)18-22(20,21)13-7-10(15)4-5-11(13)16/h2-8,18H,1H3. The Balaban J connectivity index is 2.09. The first-order valence-corrected chi connectivity index (χ1v) is 8.53. The zero-order chi connectivity index (χ0) is 15.9. The first kappa shape index (κ1) is 15.1. The van der Waals surface area contributed by atoms with Crippen molar-refractivity contribution >= 4 is 44.6 Å². The summed E-state index contributed by atoms with van der Waals surface area (Å²) in [5, 5.41) is 0.392. The largest absolute Gasteiger partial charge is 0.305 e. The molecule has 0 bridgehead atoms. The highest BCUT2D eigenvalue weighted by atomic mass is 35.5. The van der Waals surface area contributed by atoms with Gasteiger partial charge < -0.3 is 4.40 Å². The number of nitrogens with one attached hydrogen (secondary N) is 1. The van der Waals surface area contributed by atoms with Gasteiger partial charge in [-0.3, -0.25) is 4.72 Å². The number of nitrogens with zero attached hydrogens (tertiary/aromatic N) is 2. The summed E-state index contributed by atoms with van der Waals surface area (Å²) < 4.78 is 29.3. The number of fused-ring (bicyclic) bond motifs is 1. The zero-order valence-corrected chi connectivity index (χ0v) is 13.7. The van der Waals surface area contributed by atoms with Crippen LogP contribution in [0.3, 0.4) is 0 Å². The Kier molecular flexibility index (Phi) is 3.76. The van der Waals surface area contributed by atoms with E-state index >= 15 is 0 Å². The number of halogens is 2. The SMILES string of the molecule is Cc1cn2cccc(NS(=O)(=O)c3cc(Cl)ccc3Cl)c2n1. The molecule has 3 aromatic rings. The number of benzene rings is 1. The van der Waals surface area contributed by atoms with E-state index in [4.69, 9.17) is 23.2 Å². The number of sulfonamides is 1. The van der Waals surface area contributed by atoms with Crippen LogP contribution in [0.4, 0.5) is 5.69 Å². The molecule has 1 N–H and O–H groups in total. The monoisotopic (exact) mass is 355 g/mol. The van der Waals surface area contributed by atoms with Crippen molar-refractivity contribution in [3.8, 4) is 0 Å². The molecule has 5 nitrogen and oxygen atoms in total. The first-order valence-electron chi connectivity index (χ1n) is 6.29. The Bertz CT molecular complexity index is 967. The molecule has 1 aromatic carbocycles. The number of aromatic nitrogens is 2. The van der Waals surface area contributed by atoms with Crippen molar-refractivity contribution in [2.24, 2.45) is 0 Å². The summed E-state index contributed by atoms with van der Waals surface area (Å²) >= 11 is 11.8. The molecule has 2 aromatic heterocycles. The van der Waals surface area contributed by atoms with E-state index in [1.54, 1.807) is 28.9 Å². The lowest BCUT2D eigenvalue weighted by molar-refractivity contribution is 0.601. The van der Waals surface area contributed by atoms with Gasteiger partial charge in [-0.25, -0.2) is 13.4 Å². The molecular weight excluding hydrogens is 345 g/mol. The van der Waals surface area contributed by atoms with Crippen LogP contribution < -0.4 is 4.72 Å². The molecule has 3 rings (SSSR count). The smallest absolute Gasteiger partial charge is 0.263 e. The molecule has 22 heavy (non-hydrogen) atoms. The summed E-state index contributed by atoms with van der Waals surface area (Å²) in [4.78, 5) is 4.23. The molecule has 0 saturated heterocycles. The van der Waals surface area contributed by atoms with Gasteiger partial charge in [-0.1, -0.05) is 23.2 Å². The van der Waals surface area contributed by atoms with Gasteiger partial charge in [0.1, 0.15) is 4.90 Å². The van der Waals surface area contributed by atoms with Gasteiger partial charge in [0.2, 0.25) is 0 Å². The second-order valence-corrected chi connectivity index (χ2v) is 7.21. The van der Waals surface area contributed by atoms with E-state index in [-0.39, 0.29) is 9.92 Å². The van der Waals surface area contributed by atoms with Crippen LogP contribution in [-0.4, -0.2) is 17.8 Å². The van der Waals surface area contributed by atoms with Gasteiger partial charge in [0.05, 0.1) is 16.4 Å². The Morgan fingerprint density at radius 1 is 1.23 bits per heavy atom. The molecule has 0 radical (unpaired) electrons. The molecule has 0 aliphatic rings. The van der Waals surface area contributed by atoms with Crippen molar-refractivity contribution in [2.75, 3.05) is 4.72 Å². The minimum Gasteiger partial charge on any atom is -0.305 e. The second kappa shape index (κ2) is 5.46. The highest BCUT2D eigenvalue weighted by Gasteiger charge is 2.20. The zero-order valence-electron chi connectivity index (χ0n) is 11.4. The van der Waals surface area contributed by atoms with E-state index in [1.807, 2.05) is 6.92 Å². The molecule has 8 heteroatoms. The summed E-state index contributed by atoms with van der Waals surface area (Å²) in [5.41, 5.74) is 1.67. The minimum atomic E-state index is -3.87. The lowest BCUT2D eigenvalue weighted by Crippen LogP contribution is -2.14. The van der Waals surface area contributed by atoms with Gasteiger partial charge in [0, 0.05) is 17.4 Å². The van der Waals surface area contributed by atoms with E-state index < -0.39 is 10.0 Å². The number of anilines is 1. The van der Waals surface area contributed by atoms with Crippen molar-refractivity contribution in [3.05, 3.63) is 58.5 Å². The van der Waals surface area contributed by atoms with Gasteiger partial charge >= 0.3 is 0 Å². The second-order valence-electron chi connectivity index (χ2n) is 4.72. The van der Waals surface area contributed by atoms with Gasteiger partial charge in [-0.2, -0.15) is 0 Å². The highest BCUT2D eigenvalue weighted by molar-refractivity contribution is 7.92. The fraction of sp³-hybridized carbons (Fsp3) is 0.0714. The molecule has 0 amide bonds. The quantitative estimate of drug-likeness (QED) is 0.777. The lowest BCUT2D eigenvalue weighted by atomic mass is 10.4. The number of hydrogen-bond acceptors (Lipinski definition) is 3. The van der Waals surface area contributed by atoms with E-state index in [0.29, 0.717) is 16.4 Å². The summed E-state index contributed by atoms with van der Waals surface area (Å²) in [5.74, 6) is 0. The van der Waals surface area contributed by atoms with Crippen molar-refractivity contribution in [3.63, 3.8) is 0 Å². The van der Waals surface area contributed by atoms with Crippen molar-refractivity contribution in [2.45, 2.75) is 11.8 Å². The summed E-state index contributed by atoms with van der Waals surface area (Å²) in [6, 6.07) is 7.65. The number of aryl methyl sites for hydroxylation is 1. The van der Waals surface area contributed by atoms with Crippen LogP contribution in [0.5, 0.6) is 0 Å². The lowest BCUT2D eigenvalue weighted by Gasteiger charge is -2.10. The van der Waals surface area contributed by atoms with Crippen molar-refractivity contribution in [1.29, 1.82) is 0 Å². The van der Waals surface area contributed by atoms with E-state index in [2.05, 4.69) is 9.71 Å². The van der Waals surface area contributed by atoms with Crippen LogP contribution in [-0.2, 0) is 10.0 Å². The number of rotatable bonds is 3. The molecule has 0 unspecified atom stereocenters. The van der Waals surface area contributed by atoms with Crippen LogP contribution in [0.15, 0.2) is 47.6 Å². The van der Waals surface area contributed by atoms with Gasteiger partial charge in [-0.15, -0.1) is 0 Å². The molecule has 0 atom stereocenters. The summed E-state index contributed by atoms with van der Waals surface area (Å²) in [7, 11) is -3.87. The Morgan fingerprint density at radius 2 is 2.00 bits per heavy atom. The predicted octanol–water partition coefficient (Wildman–Crippen LogP) is 3.75. The maximum atomic E-state index is 12.5. The normalized spacial score (nSPS) is 11.8. The average molecular weight is 356 g/mol. The third-order valence-electron chi connectivity index (χ3n) is 3.03. The molecule has 2 heterocycles. The molecule has 0 aliphatic carbocycles. The van der Waals surface area contributed by atoms with Crippen LogP contribution >= 0.6 is 23.2 Å². The third-order valence-corrected chi connectivity index (χ3v) is 5.11. The summed E-state index contributed by atoms with van der Waals surface area (Å²) in [6.45, 7) is 1.83. The Hall–Kier alpha value is -1.76. The Morgan fingerprint density at radius 3 is 2.77 bits per heavy atom. The van der Waals surface area contributed by atoms with Gasteiger partial charge in [0.25, 0.3) is 10.0 Å². The number of pyridine rings is 1. The average Bonchev–Trinajstić information content (AvgIpc) is 2.82. The maximum Gasteiger partial charge on any atom is 0.263 e. The van der Waals surface area contributed by atoms with Crippen LogP contribution in [0.1, 0.15) is 5.69 Å². The van der Waals surface area contributed by atoms with Crippen LogP contribution in [0, 0.1) is 6.92 Å². The molecule has 0 fully saturated rings. The number of hydrogen-bond donors (Lipinski definition) is 1. The van der Waals surface area contributed by atoms with Gasteiger partial charge in [0.15, 0.2) is 5.65 Å². The van der Waals surface area contributed by atoms with Crippen molar-refractivity contribution in [1.82, 2.24) is 9.38 Å². The fourth-order valence-corrected chi connectivity index (χ4v) is 3.92.